The van der Waals surface area contributed by atoms with E-state index < -0.39 is 10.2 Å². The molecule has 0 bridgehead atoms. The van der Waals surface area contributed by atoms with Crippen LogP contribution in [0.1, 0.15) is 24.9 Å². The Balaban J connectivity index is 2.43. The first-order chi connectivity index (χ1) is 8.06. The normalized spacial score (nSPS) is 20.1. The van der Waals surface area contributed by atoms with Gasteiger partial charge in [0.25, 0.3) is 0 Å². The number of hydrogen-bond acceptors (Lipinski definition) is 3. The lowest BCUT2D eigenvalue weighted by Gasteiger charge is -2.33. The number of nitrogens with zero attached hydrogens (tertiary/aromatic N) is 1. The minimum absolute atomic E-state index is 0.0840. The van der Waals surface area contributed by atoms with Crippen molar-refractivity contribution in [2.75, 3.05) is 17.4 Å². The number of anilines is 1. The summed E-state index contributed by atoms with van der Waals surface area (Å²) in [6.45, 7) is 2.57. The van der Waals surface area contributed by atoms with Crippen LogP contribution in [0.5, 0.6) is 0 Å². The average molecular weight is 255 g/mol. The minimum Gasteiger partial charge on any atom is -0.324 e. The van der Waals surface area contributed by atoms with Crippen molar-refractivity contribution in [1.82, 2.24) is 4.72 Å². The van der Waals surface area contributed by atoms with Crippen molar-refractivity contribution < 1.29 is 8.42 Å². The van der Waals surface area contributed by atoms with Gasteiger partial charge in [-0.1, -0.05) is 25.1 Å². The molecule has 3 N–H and O–H groups in total. The number of rotatable bonds is 3. The Morgan fingerprint density at radius 2 is 2.18 bits per heavy atom. The van der Waals surface area contributed by atoms with Crippen LogP contribution < -0.4 is 14.8 Å². The van der Waals surface area contributed by atoms with E-state index in [1.807, 2.05) is 18.2 Å². The summed E-state index contributed by atoms with van der Waals surface area (Å²) < 4.78 is 28.0. The molecule has 6 heteroatoms. The fraction of sp³-hybridized carbons (Fsp3) is 0.455. The third-order valence-electron chi connectivity index (χ3n) is 2.86. The van der Waals surface area contributed by atoms with Crippen LogP contribution in [-0.2, 0) is 10.2 Å². The second kappa shape index (κ2) is 4.64. The van der Waals surface area contributed by atoms with Crippen LogP contribution in [0.2, 0.25) is 0 Å². The molecule has 0 fully saturated rings. The number of nitrogens with two attached hydrogens (primary N) is 1. The highest BCUT2D eigenvalue weighted by Gasteiger charge is 2.29. The van der Waals surface area contributed by atoms with Crippen LogP contribution in [-0.4, -0.2) is 21.5 Å². The molecule has 5 nitrogen and oxygen atoms in total. The smallest absolute Gasteiger partial charge is 0.301 e. The molecule has 0 radical (unpaired) electrons. The molecule has 2 rings (SSSR count). The first kappa shape index (κ1) is 12.3. The summed E-state index contributed by atoms with van der Waals surface area (Å²) in [6, 6.07) is 7.30. The van der Waals surface area contributed by atoms with Gasteiger partial charge in [0.1, 0.15) is 0 Å². The lowest BCUT2D eigenvalue weighted by molar-refractivity contribution is 0.564. The molecule has 0 saturated heterocycles. The zero-order valence-electron chi connectivity index (χ0n) is 9.76. The quantitative estimate of drug-likeness (QED) is 0.837. The summed E-state index contributed by atoms with van der Waals surface area (Å²) in [7, 11) is -3.44. The molecule has 0 aliphatic carbocycles. The molecule has 1 aromatic carbocycles. The van der Waals surface area contributed by atoms with E-state index in [1.165, 1.54) is 4.31 Å². The number of hydrogen-bond donors (Lipinski definition) is 2. The van der Waals surface area contributed by atoms with Gasteiger partial charge in [-0.05, 0) is 18.1 Å². The second-order valence-corrected chi connectivity index (χ2v) is 5.71. The van der Waals surface area contributed by atoms with Gasteiger partial charge in [-0.25, -0.2) is 0 Å². The molecule has 1 unspecified atom stereocenters. The molecule has 94 valence electrons. The second-order valence-electron chi connectivity index (χ2n) is 4.03. The zero-order valence-corrected chi connectivity index (χ0v) is 10.6. The van der Waals surface area contributed by atoms with Crippen molar-refractivity contribution in [3.63, 3.8) is 0 Å². The molecular formula is C11H17N3O2S. The van der Waals surface area contributed by atoms with Gasteiger partial charge in [0.05, 0.1) is 5.69 Å². The van der Waals surface area contributed by atoms with Crippen LogP contribution in [0.15, 0.2) is 24.3 Å². The lowest BCUT2D eigenvalue weighted by atomic mass is 9.99. The summed E-state index contributed by atoms with van der Waals surface area (Å²) in [4.78, 5) is 0. The Hall–Kier alpha value is -1.11. The van der Waals surface area contributed by atoms with Crippen LogP contribution in [0, 0.1) is 0 Å². The monoisotopic (exact) mass is 255 g/mol. The predicted molar refractivity (Wildman–Crippen MR) is 67.9 cm³/mol. The Morgan fingerprint density at radius 1 is 1.47 bits per heavy atom. The van der Waals surface area contributed by atoms with Crippen molar-refractivity contribution >= 4 is 15.9 Å². The van der Waals surface area contributed by atoms with Crippen LogP contribution in [0.25, 0.3) is 0 Å². The summed E-state index contributed by atoms with van der Waals surface area (Å²) in [6.07, 6.45) is 0.641. The summed E-state index contributed by atoms with van der Waals surface area (Å²) in [5.41, 5.74) is 7.56. The molecule has 1 aromatic rings. The topological polar surface area (TPSA) is 75.4 Å². The van der Waals surface area contributed by atoms with Gasteiger partial charge >= 0.3 is 10.2 Å². The van der Waals surface area contributed by atoms with Gasteiger partial charge in [0.2, 0.25) is 0 Å². The van der Waals surface area contributed by atoms with E-state index in [2.05, 4.69) is 4.72 Å². The molecule has 1 aliphatic rings. The standard InChI is InChI=1S/C11H17N3O2S/c1-2-13-17(15,16)14-8-7-10(12)9-5-3-4-6-11(9)14/h3-6,10,13H,2,7-8,12H2,1H3. The van der Waals surface area contributed by atoms with Crippen molar-refractivity contribution in [3.8, 4) is 0 Å². The molecule has 17 heavy (non-hydrogen) atoms. The number of fused-ring (bicyclic) bond motifs is 1. The molecule has 0 aromatic heterocycles. The Labute approximate surface area is 102 Å². The highest BCUT2D eigenvalue weighted by atomic mass is 32.2. The van der Waals surface area contributed by atoms with Crippen molar-refractivity contribution in [3.05, 3.63) is 29.8 Å². The van der Waals surface area contributed by atoms with Crippen LogP contribution in [0.4, 0.5) is 5.69 Å². The SMILES string of the molecule is CCNS(=O)(=O)N1CCC(N)c2ccccc21. The number of para-hydroxylation sites is 1. The zero-order chi connectivity index (χ0) is 12.5. The molecule has 0 saturated carbocycles. The lowest BCUT2D eigenvalue weighted by Crippen LogP contribution is -2.44. The number of nitrogens with one attached hydrogen (secondary N) is 1. The maximum Gasteiger partial charge on any atom is 0.301 e. The van der Waals surface area contributed by atoms with Gasteiger partial charge in [-0.15, -0.1) is 0 Å². The van der Waals surface area contributed by atoms with Gasteiger partial charge in [-0.3, -0.25) is 4.31 Å². The Morgan fingerprint density at radius 3 is 2.88 bits per heavy atom. The van der Waals surface area contributed by atoms with Gasteiger partial charge in [-0.2, -0.15) is 13.1 Å². The van der Waals surface area contributed by atoms with E-state index in [9.17, 15) is 8.42 Å². The van der Waals surface area contributed by atoms with Crippen molar-refractivity contribution in [2.24, 2.45) is 5.73 Å². The van der Waals surface area contributed by atoms with E-state index >= 15 is 0 Å². The molecule has 0 spiro atoms. The first-order valence-corrected chi connectivity index (χ1v) is 7.12. The van der Waals surface area contributed by atoms with Gasteiger partial charge < -0.3 is 5.73 Å². The largest absolute Gasteiger partial charge is 0.324 e. The maximum atomic E-state index is 12.0. The Kier molecular flexibility index (Phi) is 3.37. The van der Waals surface area contributed by atoms with Gasteiger partial charge in [0, 0.05) is 19.1 Å². The molecule has 1 aliphatic heterocycles. The highest BCUT2D eigenvalue weighted by molar-refractivity contribution is 7.90. The third-order valence-corrected chi connectivity index (χ3v) is 4.48. The van der Waals surface area contributed by atoms with Crippen LogP contribution >= 0.6 is 0 Å². The first-order valence-electron chi connectivity index (χ1n) is 5.68. The van der Waals surface area contributed by atoms with Gasteiger partial charge in [0.15, 0.2) is 0 Å². The average Bonchev–Trinajstić information content (AvgIpc) is 2.29. The fourth-order valence-electron chi connectivity index (χ4n) is 2.07. The van der Waals surface area contributed by atoms with Crippen molar-refractivity contribution in [1.29, 1.82) is 0 Å². The molecule has 1 atom stereocenters. The van der Waals surface area contributed by atoms with Crippen LogP contribution in [0.3, 0.4) is 0 Å². The Bertz CT molecular complexity index is 501. The maximum absolute atomic E-state index is 12.0. The third kappa shape index (κ3) is 2.29. The summed E-state index contributed by atoms with van der Waals surface area (Å²) in [5.74, 6) is 0. The summed E-state index contributed by atoms with van der Waals surface area (Å²) >= 11 is 0. The minimum atomic E-state index is -3.44. The van der Waals surface area contributed by atoms with E-state index in [0.717, 1.165) is 5.56 Å². The predicted octanol–water partition coefficient (Wildman–Crippen LogP) is 0.751. The number of benzene rings is 1. The van der Waals surface area contributed by atoms with Crippen molar-refractivity contribution in [2.45, 2.75) is 19.4 Å². The molecular weight excluding hydrogens is 238 g/mol. The van der Waals surface area contributed by atoms with E-state index in [4.69, 9.17) is 5.73 Å². The fourth-order valence-corrected chi connectivity index (χ4v) is 3.36. The summed E-state index contributed by atoms with van der Waals surface area (Å²) in [5, 5.41) is 0. The van der Waals surface area contributed by atoms with E-state index in [0.29, 0.717) is 25.2 Å². The van der Waals surface area contributed by atoms with E-state index in [-0.39, 0.29) is 6.04 Å². The molecule has 1 heterocycles. The van der Waals surface area contributed by atoms with E-state index in [1.54, 1.807) is 13.0 Å². The highest BCUT2D eigenvalue weighted by Crippen LogP contribution is 2.33. The molecule has 0 amide bonds.